The van der Waals surface area contributed by atoms with Gasteiger partial charge in [-0.1, -0.05) is 37.3 Å². The predicted octanol–water partition coefficient (Wildman–Crippen LogP) is 3.52. The van der Waals surface area contributed by atoms with E-state index < -0.39 is 46.8 Å². The molecule has 0 bridgehead atoms. The van der Waals surface area contributed by atoms with Gasteiger partial charge in [0.25, 0.3) is 0 Å². The molecule has 6 N–H and O–H groups in total. The molecule has 7 unspecified atom stereocenters. The third-order valence-electron chi connectivity index (χ3n) is 9.34. The molecule has 214 valence electrons. The van der Waals surface area contributed by atoms with Gasteiger partial charge in [0, 0.05) is 0 Å². The molecule has 0 radical (unpaired) electrons. The Hall–Kier alpha value is -0.870. The Balaban J connectivity index is 1.27. The summed E-state index contributed by atoms with van der Waals surface area (Å²) in [6.45, 7) is 4.11. The highest BCUT2D eigenvalue weighted by atomic mass is 35.5. The summed E-state index contributed by atoms with van der Waals surface area (Å²) in [4.78, 5) is 13.4. The van der Waals surface area contributed by atoms with Gasteiger partial charge < -0.3 is 31.1 Å². The summed E-state index contributed by atoms with van der Waals surface area (Å²) in [5.41, 5.74) is 6.73. The number of benzene rings is 1. The van der Waals surface area contributed by atoms with E-state index in [9.17, 15) is 20.1 Å². The lowest BCUT2D eigenvalue weighted by Crippen LogP contribution is -2.67. The number of amides is 1. The first-order valence-corrected chi connectivity index (χ1v) is 15.7. The molecule has 2 saturated carbocycles. The van der Waals surface area contributed by atoms with Crippen molar-refractivity contribution >= 4 is 29.3 Å². The normalized spacial score (nSPS) is 41.1. The summed E-state index contributed by atoms with van der Waals surface area (Å²) in [6.07, 6.45) is 4.61. The van der Waals surface area contributed by atoms with Crippen molar-refractivity contribution < 1.29 is 24.9 Å². The Morgan fingerprint density at radius 3 is 2.37 bits per heavy atom. The Kier molecular flexibility index (Phi) is 9.77. The monoisotopic (exact) mass is 568 g/mol. The van der Waals surface area contributed by atoms with Gasteiger partial charge in [0.05, 0.1) is 17.0 Å². The molecule has 7 nitrogen and oxygen atoms in total. The number of ether oxygens (including phenoxy) is 1. The van der Waals surface area contributed by atoms with E-state index in [4.69, 9.17) is 22.1 Å². The average Bonchev–Trinajstić information content (AvgIpc) is 2.89. The van der Waals surface area contributed by atoms with Crippen molar-refractivity contribution in [3.05, 3.63) is 35.9 Å². The maximum absolute atomic E-state index is 13.4. The maximum atomic E-state index is 13.4. The fourth-order valence-electron chi connectivity index (χ4n) is 6.67. The van der Waals surface area contributed by atoms with Crippen LogP contribution in [0.5, 0.6) is 0 Å². The Morgan fingerprint density at radius 1 is 1.16 bits per heavy atom. The van der Waals surface area contributed by atoms with E-state index in [-0.39, 0.29) is 5.91 Å². The first-order chi connectivity index (χ1) is 18.0. The molecule has 7 atom stereocenters. The van der Waals surface area contributed by atoms with E-state index in [1.165, 1.54) is 36.6 Å². The Morgan fingerprint density at radius 2 is 1.79 bits per heavy atom. The molecule has 1 aromatic carbocycles. The zero-order chi connectivity index (χ0) is 27.7. The number of carbonyl (C=O) groups excluding carboxylic acids is 1. The molecule has 1 saturated heterocycles. The number of alkyl halides is 1. The summed E-state index contributed by atoms with van der Waals surface area (Å²) in [6, 6.07) is 10.0. The lowest BCUT2D eigenvalue weighted by molar-refractivity contribution is -0.205. The maximum Gasteiger partial charge on any atom is 0.240 e. The van der Waals surface area contributed by atoms with Crippen molar-refractivity contribution in [2.24, 2.45) is 17.1 Å². The van der Waals surface area contributed by atoms with E-state index in [0.717, 1.165) is 19.3 Å². The van der Waals surface area contributed by atoms with Gasteiger partial charge in [-0.2, -0.15) is 0 Å². The standard InChI is InChI=1S/C29H45ClN2O5S/c1-17(30)21(25-23(34)22(33)24(35)26(37-25)38-3)32-27(36)29(31)13-10-18(11-14-29)9-12-28(2)15-20(16-28)19-7-5-4-6-8-19/h4-8,17-18,20-26,33-35H,9-16,31H2,1-3H3,(H,32,36). The third-order valence-corrected chi connectivity index (χ3v) is 10.5. The molecular formula is C29H45ClN2O5S. The van der Waals surface area contributed by atoms with Gasteiger partial charge in [-0.25, -0.2) is 0 Å². The number of carbonyl (C=O) groups is 1. The van der Waals surface area contributed by atoms with E-state index in [1.54, 1.807) is 13.2 Å². The van der Waals surface area contributed by atoms with Crippen LogP contribution >= 0.6 is 23.4 Å². The largest absolute Gasteiger partial charge is 0.388 e. The first kappa shape index (κ1) is 30.1. The molecule has 0 aromatic heterocycles. The first-order valence-electron chi connectivity index (χ1n) is 14.0. The van der Waals surface area contributed by atoms with Gasteiger partial charge in [0.15, 0.2) is 0 Å². The van der Waals surface area contributed by atoms with Gasteiger partial charge in [-0.05, 0) is 87.4 Å². The van der Waals surface area contributed by atoms with E-state index in [2.05, 4.69) is 42.6 Å². The number of rotatable bonds is 9. The second kappa shape index (κ2) is 12.3. The van der Waals surface area contributed by atoms with Crippen LogP contribution in [0.2, 0.25) is 0 Å². The van der Waals surface area contributed by atoms with Crippen LogP contribution in [0.1, 0.15) is 76.7 Å². The summed E-state index contributed by atoms with van der Waals surface area (Å²) >= 11 is 7.65. The highest BCUT2D eigenvalue weighted by Crippen LogP contribution is 2.54. The minimum atomic E-state index is -1.40. The van der Waals surface area contributed by atoms with Crippen molar-refractivity contribution in [3.63, 3.8) is 0 Å². The van der Waals surface area contributed by atoms with Gasteiger partial charge in [-0.15, -0.1) is 23.4 Å². The van der Waals surface area contributed by atoms with Gasteiger partial charge in [-0.3, -0.25) is 4.79 Å². The van der Waals surface area contributed by atoms with Crippen molar-refractivity contribution in [2.45, 2.75) is 118 Å². The Bertz CT molecular complexity index is 921. The van der Waals surface area contributed by atoms with Crippen LogP contribution in [-0.4, -0.2) is 74.3 Å². The van der Waals surface area contributed by atoms with Crippen molar-refractivity contribution in [3.8, 4) is 0 Å². The van der Waals surface area contributed by atoms with Gasteiger partial charge in [0.2, 0.25) is 5.91 Å². The minimum Gasteiger partial charge on any atom is -0.388 e. The summed E-state index contributed by atoms with van der Waals surface area (Å²) in [7, 11) is 0. The van der Waals surface area contributed by atoms with Gasteiger partial charge >= 0.3 is 0 Å². The predicted molar refractivity (Wildman–Crippen MR) is 152 cm³/mol. The van der Waals surface area contributed by atoms with Crippen molar-refractivity contribution in [1.82, 2.24) is 5.32 Å². The zero-order valence-electron chi connectivity index (χ0n) is 22.8. The molecular weight excluding hydrogens is 524 g/mol. The molecule has 9 heteroatoms. The van der Waals surface area contributed by atoms with Crippen molar-refractivity contribution in [1.29, 1.82) is 0 Å². The van der Waals surface area contributed by atoms with Crippen LogP contribution in [0.15, 0.2) is 30.3 Å². The number of aliphatic hydroxyl groups is 3. The van der Waals surface area contributed by atoms with Crippen LogP contribution in [0, 0.1) is 11.3 Å². The molecule has 1 aliphatic heterocycles. The molecule has 2 aliphatic carbocycles. The molecule has 3 aliphatic rings. The molecule has 1 amide bonds. The van der Waals surface area contributed by atoms with Gasteiger partial charge in [0.1, 0.15) is 29.9 Å². The lowest BCUT2D eigenvalue weighted by Gasteiger charge is -2.47. The molecule has 1 heterocycles. The second-order valence-corrected chi connectivity index (χ2v) is 13.9. The van der Waals surface area contributed by atoms with Crippen LogP contribution in [0.25, 0.3) is 0 Å². The zero-order valence-corrected chi connectivity index (χ0v) is 24.3. The summed E-state index contributed by atoms with van der Waals surface area (Å²) in [5.74, 6) is 0.937. The molecule has 1 aromatic rings. The van der Waals surface area contributed by atoms with Crippen LogP contribution in [0.4, 0.5) is 0 Å². The smallest absolute Gasteiger partial charge is 0.240 e. The number of thioether (sulfide) groups is 1. The van der Waals surface area contributed by atoms with Crippen LogP contribution in [-0.2, 0) is 9.53 Å². The number of hydrogen-bond donors (Lipinski definition) is 5. The fourth-order valence-corrected chi connectivity index (χ4v) is 7.56. The van der Waals surface area contributed by atoms with E-state index in [1.807, 2.05) is 0 Å². The number of halogens is 1. The average molecular weight is 569 g/mol. The highest BCUT2D eigenvalue weighted by molar-refractivity contribution is 7.99. The van der Waals surface area contributed by atoms with Crippen LogP contribution < -0.4 is 11.1 Å². The number of nitrogens with two attached hydrogens (primary N) is 1. The number of aliphatic hydroxyl groups excluding tert-OH is 3. The molecule has 3 fully saturated rings. The van der Waals surface area contributed by atoms with Crippen LogP contribution in [0.3, 0.4) is 0 Å². The number of nitrogens with one attached hydrogen (secondary N) is 1. The third kappa shape index (κ3) is 6.54. The highest BCUT2D eigenvalue weighted by Gasteiger charge is 2.49. The number of hydrogen-bond acceptors (Lipinski definition) is 7. The quantitative estimate of drug-likeness (QED) is 0.289. The molecule has 0 spiro atoms. The second-order valence-electron chi connectivity index (χ2n) is 12.3. The molecule has 38 heavy (non-hydrogen) atoms. The summed E-state index contributed by atoms with van der Waals surface area (Å²) in [5, 5.41) is 33.5. The molecule has 4 rings (SSSR count). The van der Waals surface area contributed by atoms with Crippen molar-refractivity contribution in [2.75, 3.05) is 6.26 Å². The topological polar surface area (TPSA) is 125 Å². The minimum absolute atomic E-state index is 0.303. The Labute approximate surface area is 236 Å². The van der Waals surface area contributed by atoms with E-state index >= 15 is 0 Å². The SMILES string of the molecule is CSC1OC(C(NC(=O)C2(N)CCC(CCC3(C)CC(c4ccccc4)C3)CC2)C(C)Cl)C(O)C(O)C1O. The lowest BCUT2D eigenvalue weighted by atomic mass is 9.58. The van der Waals surface area contributed by atoms with E-state index in [0.29, 0.717) is 30.1 Å². The fraction of sp³-hybridized carbons (Fsp3) is 0.759. The summed E-state index contributed by atoms with van der Waals surface area (Å²) < 4.78 is 5.87.